The van der Waals surface area contributed by atoms with Gasteiger partial charge in [-0.05, 0) is 93.2 Å². The second-order valence-electron chi connectivity index (χ2n) is 14.8. The van der Waals surface area contributed by atoms with Crippen molar-refractivity contribution in [2.24, 2.45) is 11.8 Å². The van der Waals surface area contributed by atoms with Crippen molar-refractivity contribution in [1.82, 2.24) is 0 Å². The minimum atomic E-state index is -1.63. The number of aliphatic carboxylic acids is 1. The van der Waals surface area contributed by atoms with Crippen LogP contribution >= 0.6 is 0 Å². The maximum atomic E-state index is 14.7. The highest BCUT2D eigenvalue weighted by Crippen LogP contribution is 2.68. The van der Waals surface area contributed by atoms with E-state index in [2.05, 4.69) is 19.9 Å². The number of rotatable bonds is 8. The van der Waals surface area contributed by atoms with Gasteiger partial charge in [-0.3, -0.25) is 9.59 Å². The van der Waals surface area contributed by atoms with Crippen LogP contribution in [0.25, 0.3) is 6.08 Å². The van der Waals surface area contributed by atoms with Crippen LogP contribution in [-0.2, 0) is 20.7 Å². The minimum absolute atomic E-state index is 0.0544. The summed E-state index contributed by atoms with van der Waals surface area (Å²) in [7, 11) is 0. The Balaban J connectivity index is 1.59. The normalized spacial score (nSPS) is 31.2. The van der Waals surface area contributed by atoms with Crippen molar-refractivity contribution < 1.29 is 38.8 Å². The molecule has 3 aliphatic heterocycles. The van der Waals surface area contributed by atoms with Crippen molar-refractivity contribution in [2.75, 3.05) is 0 Å². The molecule has 8 nitrogen and oxygen atoms in total. The molecule has 4 bridgehead atoms. The summed E-state index contributed by atoms with van der Waals surface area (Å²) in [6.45, 7) is 15.4. The van der Waals surface area contributed by atoms with Crippen LogP contribution in [0.2, 0.25) is 0 Å². The number of ketones is 2. The zero-order valence-corrected chi connectivity index (χ0v) is 28.0. The lowest BCUT2D eigenvalue weighted by molar-refractivity contribution is -0.171. The maximum absolute atomic E-state index is 14.7. The minimum Gasteiger partial charge on any atom is -0.506 e. The predicted octanol–water partition coefficient (Wildman–Crippen LogP) is 7.24. The van der Waals surface area contributed by atoms with Crippen molar-refractivity contribution in [1.29, 1.82) is 0 Å². The Labute approximate surface area is 270 Å². The summed E-state index contributed by atoms with van der Waals surface area (Å²) in [5.74, 6) is -2.28. The number of ether oxygens (including phenoxy) is 3. The van der Waals surface area contributed by atoms with Gasteiger partial charge in [0.05, 0.1) is 11.2 Å². The van der Waals surface area contributed by atoms with Crippen LogP contribution in [0.1, 0.15) is 103 Å². The van der Waals surface area contributed by atoms with Gasteiger partial charge in [-0.2, -0.15) is 0 Å². The van der Waals surface area contributed by atoms with Crippen LogP contribution in [0.15, 0.2) is 52.7 Å². The number of carboxylic acid groups (broad SMARTS) is 1. The molecule has 1 spiro atoms. The number of carboxylic acids is 1. The molecule has 8 heteroatoms. The highest BCUT2D eigenvalue weighted by atomic mass is 16.6. The van der Waals surface area contributed by atoms with E-state index in [1.807, 2.05) is 52.8 Å². The molecule has 0 radical (unpaired) electrons. The van der Waals surface area contributed by atoms with Crippen LogP contribution in [-0.4, -0.2) is 50.2 Å². The highest BCUT2D eigenvalue weighted by molar-refractivity contribution is 6.19. The summed E-state index contributed by atoms with van der Waals surface area (Å²) in [4.78, 5) is 40.8. The largest absolute Gasteiger partial charge is 0.506 e. The first-order valence-corrected chi connectivity index (χ1v) is 16.2. The fraction of sp³-hybridized carbons (Fsp3) is 0.500. The lowest BCUT2D eigenvalue weighted by Crippen LogP contribution is -2.72. The van der Waals surface area contributed by atoms with Gasteiger partial charge in [-0.25, -0.2) is 4.79 Å². The average molecular weight is 629 g/mol. The molecule has 5 atom stereocenters. The topological polar surface area (TPSA) is 119 Å². The number of carbonyl (C=O) groups excluding carboxylic acids is 2. The molecule has 7 rings (SSSR count). The van der Waals surface area contributed by atoms with Crippen LogP contribution < -0.4 is 9.47 Å². The zero-order chi connectivity index (χ0) is 33.6. The number of hydrogen-bond donors (Lipinski definition) is 2. The van der Waals surface area contributed by atoms with Gasteiger partial charge in [-0.15, -0.1) is 0 Å². The number of fused-ring (bicyclic) bond motifs is 2. The summed E-state index contributed by atoms with van der Waals surface area (Å²) in [6.07, 6.45) is 13.4. The first-order valence-electron chi connectivity index (χ1n) is 16.2. The standard InChI is InChI=1S/C38H44O8/c1-20(2)10-9-15-36(8)16-14-24-29(39)28-30(40)26-18-23-19-27-35(6,7)46-37(33(23)41,17-13-22(5)34(42)43)38(26,27)45-32(28)25(31(24)44-36)12-11-21(3)4/h10-11,13-14,16,18,23,27,39H,9,12,15,17,19H2,1-8H3,(H,42,43)/t23-,27+,36+,37-,38+/m0/s1. The van der Waals surface area contributed by atoms with Crippen molar-refractivity contribution in [3.63, 3.8) is 0 Å². The summed E-state index contributed by atoms with van der Waals surface area (Å²) < 4.78 is 20.6. The molecule has 1 saturated heterocycles. The molecular weight excluding hydrogens is 584 g/mol. The molecular formula is C38H44O8. The number of phenols is 1. The van der Waals surface area contributed by atoms with Gasteiger partial charge in [0, 0.05) is 35.0 Å². The molecule has 244 valence electrons. The Morgan fingerprint density at radius 2 is 1.70 bits per heavy atom. The van der Waals surface area contributed by atoms with Gasteiger partial charge in [0.25, 0.3) is 0 Å². The second kappa shape index (κ2) is 10.6. The number of allylic oxidation sites excluding steroid dienone is 5. The lowest BCUT2D eigenvalue weighted by atomic mass is 9.51. The third kappa shape index (κ3) is 4.47. The predicted molar refractivity (Wildman–Crippen MR) is 174 cm³/mol. The number of Topliss-reactive ketones (excluding diaryl/α,β-unsaturated/α-hetero) is 2. The molecule has 3 heterocycles. The van der Waals surface area contributed by atoms with Crippen molar-refractivity contribution in [2.45, 2.75) is 110 Å². The van der Waals surface area contributed by atoms with Gasteiger partial charge in [0.15, 0.2) is 22.8 Å². The Bertz CT molecular complexity index is 1730. The van der Waals surface area contributed by atoms with E-state index >= 15 is 0 Å². The van der Waals surface area contributed by atoms with E-state index in [9.17, 15) is 24.6 Å². The van der Waals surface area contributed by atoms with Crippen molar-refractivity contribution in [3.8, 4) is 17.2 Å². The smallest absolute Gasteiger partial charge is 0.330 e. The molecule has 0 unspecified atom stereocenters. The van der Waals surface area contributed by atoms with Gasteiger partial charge < -0.3 is 24.4 Å². The molecule has 0 amide bonds. The molecule has 0 aromatic heterocycles. The molecule has 2 N–H and O–H groups in total. The van der Waals surface area contributed by atoms with Gasteiger partial charge in [0.1, 0.15) is 28.4 Å². The van der Waals surface area contributed by atoms with E-state index in [4.69, 9.17) is 14.2 Å². The fourth-order valence-corrected chi connectivity index (χ4v) is 8.17. The third-order valence-electron chi connectivity index (χ3n) is 10.5. The first kappa shape index (κ1) is 32.0. The Kier molecular flexibility index (Phi) is 7.36. The second-order valence-corrected chi connectivity index (χ2v) is 14.8. The van der Waals surface area contributed by atoms with Gasteiger partial charge >= 0.3 is 5.97 Å². The number of carbonyl (C=O) groups is 3. The summed E-state index contributed by atoms with van der Waals surface area (Å²) >= 11 is 0. The molecule has 3 aliphatic carbocycles. The Morgan fingerprint density at radius 3 is 2.35 bits per heavy atom. The highest BCUT2D eigenvalue weighted by Gasteiger charge is 2.81. The van der Waals surface area contributed by atoms with Crippen LogP contribution in [0.5, 0.6) is 17.2 Å². The fourth-order valence-electron chi connectivity index (χ4n) is 8.17. The quantitative estimate of drug-likeness (QED) is 0.228. The van der Waals surface area contributed by atoms with Crippen molar-refractivity contribution >= 4 is 23.6 Å². The van der Waals surface area contributed by atoms with E-state index in [-0.39, 0.29) is 40.8 Å². The SMILES string of the molecule is CC(C)=CCC[C@]1(C)C=Cc2c(O)c3c(c(CC=C(C)C)c2O1)O[C@]12C(=C[C@H]4C[C@@H]1C(C)(C)O[C@@]2(CC=C(C)C(=O)O)C4=O)C3=O. The van der Waals surface area contributed by atoms with E-state index < -0.39 is 40.1 Å². The van der Waals surface area contributed by atoms with Crippen LogP contribution in [0.4, 0.5) is 0 Å². The number of hydrogen-bond acceptors (Lipinski definition) is 7. The van der Waals surface area contributed by atoms with E-state index in [1.54, 1.807) is 6.08 Å². The Hall–Kier alpha value is -3.91. The molecule has 1 aromatic rings. The van der Waals surface area contributed by atoms with Gasteiger partial charge in [0.2, 0.25) is 0 Å². The monoisotopic (exact) mass is 628 g/mol. The summed E-state index contributed by atoms with van der Waals surface area (Å²) in [5, 5.41) is 21.4. The molecule has 46 heavy (non-hydrogen) atoms. The van der Waals surface area contributed by atoms with E-state index in [0.29, 0.717) is 41.7 Å². The zero-order valence-electron chi connectivity index (χ0n) is 28.0. The van der Waals surface area contributed by atoms with Crippen LogP contribution in [0, 0.1) is 11.8 Å². The average Bonchev–Trinajstić information content (AvgIpc) is 3.12. The van der Waals surface area contributed by atoms with Gasteiger partial charge in [-0.1, -0.05) is 35.5 Å². The lowest BCUT2D eigenvalue weighted by Gasteiger charge is -2.56. The van der Waals surface area contributed by atoms with Crippen molar-refractivity contribution in [3.05, 3.63) is 69.4 Å². The molecule has 1 saturated carbocycles. The molecule has 1 aromatic carbocycles. The summed E-state index contributed by atoms with van der Waals surface area (Å²) in [6, 6.07) is 0. The number of benzene rings is 1. The maximum Gasteiger partial charge on any atom is 0.330 e. The van der Waals surface area contributed by atoms with Crippen LogP contribution in [0.3, 0.4) is 0 Å². The third-order valence-corrected chi connectivity index (χ3v) is 10.5. The molecule has 6 aliphatic rings. The van der Waals surface area contributed by atoms with E-state index in [1.165, 1.54) is 18.6 Å². The first-order chi connectivity index (χ1) is 21.5. The number of aromatic hydroxyl groups is 1. The Morgan fingerprint density at radius 1 is 1.00 bits per heavy atom. The number of phenolic OH excluding ortho intramolecular Hbond substituents is 1. The molecule has 2 fully saturated rings. The summed E-state index contributed by atoms with van der Waals surface area (Å²) in [5.41, 5.74) is -0.952. The van der Waals surface area contributed by atoms with E-state index in [0.717, 1.165) is 12.0 Å².